The standard InChI is InChI=1S/C16H40N2O5Si2/c1-15(2)17-11-9-13-24(19-5,20-6)23-25(21-7,22-8)14-10-12-18-16(3)4/h15-18H,9-14H2,1-8H3. The van der Waals surface area contributed by atoms with Crippen LogP contribution in [0.1, 0.15) is 40.5 Å². The topological polar surface area (TPSA) is 70.2 Å². The van der Waals surface area contributed by atoms with Crippen molar-refractivity contribution in [2.75, 3.05) is 41.5 Å². The fourth-order valence-corrected chi connectivity index (χ4v) is 8.89. The predicted molar refractivity (Wildman–Crippen MR) is 106 cm³/mol. The Labute approximate surface area is 156 Å². The summed E-state index contributed by atoms with van der Waals surface area (Å²) in [6.07, 6.45) is 1.83. The normalized spacial score (nSPS) is 13.2. The quantitative estimate of drug-likeness (QED) is 0.306. The van der Waals surface area contributed by atoms with Crippen LogP contribution in [0.5, 0.6) is 0 Å². The van der Waals surface area contributed by atoms with Gasteiger partial charge in [-0.05, 0) is 25.9 Å². The molecule has 0 aromatic rings. The van der Waals surface area contributed by atoms with Gasteiger partial charge in [-0.1, -0.05) is 27.7 Å². The molecule has 0 unspecified atom stereocenters. The molecular formula is C16H40N2O5Si2. The fraction of sp³-hybridized carbons (Fsp3) is 1.00. The van der Waals surface area contributed by atoms with Crippen molar-refractivity contribution < 1.29 is 21.8 Å². The Morgan fingerprint density at radius 3 is 1.20 bits per heavy atom. The van der Waals surface area contributed by atoms with E-state index in [1.807, 2.05) is 0 Å². The summed E-state index contributed by atoms with van der Waals surface area (Å²) in [4.78, 5) is 0. The van der Waals surface area contributed by atoms with Crippen LogP contribution in [0.2, 0.25) is 12.1 Å². The minimum atomic E-state index is -2.82. The molecule has 0 aliphatic rings. The van der Waals surface area contributed by atoms with Crippen molar-refractivity contribution in [3.05, 3.63) is 0 Å². The van der Waals surface area contributed by atoms with Crippen molar-refractivity contribution in [1.82, 2.24) is 10.6 Å². The second kappa shape index (κ2) is 13.3. The third-order valence-electron chi connectivity index (χ3n) is 3.98. The molecule has 0 bridgehead atoms. The van der Waals surface area contributed by atoms with Crippen molar-refractivity contribution in [1.29, 1.82) is 0 Å². The molecule has 0 saturated carbocycles. The first-order chi connectivity index (χ1) is 11.8. The average molecular weight is 397 g/mol. The first-order valence-corrected chi connectivity index (χ1v) is 13.0. The van der Waals surface area contributed by atoms with Crippen LogP contribution in [0.25, 0.3) is 0 Å². The summed E-state index contributed by atoms with van der Waals surface area (Å²) in [6, 6.07) is 2.38. The van der Waals surface area contributed by atoms with Gasteiger partial charge in [0.2, 0.25) is 0 Å². The summed E-state index contributed by atoms with van der Waals surface area (Å²) in [6.45, 7) is 10.3. The average Bonchev–Trinajstić information content (AvgIpc) is 2.60. The Morgan fingerprint density at radius 2 is 0.960 bits per heavy atom. The lowest BCUT2D eigenvalue weighted by Gasteiger charge is -2.35. The van der Waals surface area contributed by atoms with Crippen LogP contribution in [0.15, 0.2) is 0 Å². The maximum absolute atomic E-state index is 6.37. The van der Waals surface area contributed by atoms with Crippen LogP contribution in [-0.2, 0) is 21.8 Å². The third-order valence-corrected chi connectivity index (χ3v) is 10.9. The molecule has 0 saturated heterocycles. The van der Waals surface area contributed by atoms with Gasteiger partial charge in [-0.25, -0.2) is 0 Å². The smallest absolute Gasteiger partial charge is 0.377 e. The van der Waals surface area contributed by atoms with Crippen molar-refractivity contribution in [3.8, 4) is 0 Å². The number of hydrogen-bond donors (Lipinski definition) is 2. The van der Waals surface area contributed by atoms with Crippen LogP contribution in [-0.4, -0.2) is 71.2 Å². The minimum absolute atomic E-state index is 0.460. The van der Waals surface area contributed by atoms with Crippen molar-refractivity contribution in [2.24, 2.45) is 0 Å². The summed E-state index contributed by atoms with van der Waals surface area (Å²) in [5.74, 6) is 0. The van der Waals surface area contributed by atoms with Gasteiger partial charge in [0, 0.05) is 52.6 Å². The van der Waals surface area contributed by atoms with Crippen LogP contribution < -0.4 is 10.6 Å². The van der Waals surface area contributed by atoms with Crippen molar-refractivity contribution >= 4 is 17.6 Å². The van der Waals surface area contributed by atoms with Gasteiger partial charge in [-0.2, -0.15) is 0 Å². The zero-order chi connectivity index (χ0) is 19.3. The van der Waals surface area contributed by atoms with E-state index in [0.29, 0.717) is 12.1 Å². The van der Waals surface area contributed by atoms with E-state index < -0.39 is 17.6 Å². The molecule has 0 heterocycles. The van der Waals surface area contributed by atoms with Gasteiger partial charge in [0.1, 0.15) is 0 Å². The highest BCUT2D eigenvalue weighted by Crippen LogP contribution is 2.26. The first kappa shape index (κ1) is 25.2. The van der Waals surface area contributed by atoms with Gasteiger partial charge in [0.05, 0.1) is 0 Å². The molecule has 0 aliphatic heterocycles. The number of hydrogen-bond acceptors (Lipinski definition) is 7. The van der Waals surface area contributed by atoms with Crippen LogP contribution in [0, 0.1) is 0 Å². The van der Waals surface area contributed by atoms with Gasteiger partial charge in [-0.3, -0.25) is 0 Å². The van der Waals surface area contributed by atoms with E-state index in [4.69, 9.17) is 21.8 Å². The first-order valence-electron chi connectivity index (χ1n) is 9.16. The van der Waals surface area contributed by atoms with Gasteiger partial charge in [-0.15, -0.1) is 0 Å². The van der Waals surface area contributed by atoms with Gasteiger partial charge < -0.3 is 32.5 Å². The Kier molecular flexibility index (Phi) is 13.4. The maximum atomic E-state index is 6.37. The lowest BCUT2D eigenvalue weighted by atomic mass is 10.4. The Morgan fingerprint density at radius 1 is 0.640 bits per heavy atom. The highest BCUT2D eigenvalue weighted by Gasteiger charge is 2.51. The molecular weight excluding hydrogens is 356 g/mol. The monoisotopic (exact) mass is 396 g/mol. The molecule has 0 fully saturated rings. The summed E-state index contributed by atoms with van der Waals surface area (Å²) in [5.41, 5.74) is 0. The molecule has 0 aromatic heterocycles. The van der Waals surface area contributed by atoms with E-state index in [-0.39, 0.29) is 0 Å². The van der Waals surface area contributed by atoms with E-state index in [9.17, 15) is 0 Å². The Balaban J connectivity index is 4.79. The molecule has 0 amide bonds. The van der Waals surface area contributed by atoms with Gasteiger partial charge in [0.25, 0.3) is 0 Å². The molecule has 0 radical (unpaired) electrons. The summed E-state index contributed by atoms with van der Waals surface area (Å²) in [7, 11) is 0.950. The molecule has 0 rings (SSSR count). The summed E-state index contributed by atoms with van der Waals surface area (Å²) >= 11 is 0. The largest absolute Gasteiger partial charge is 0.493 e. The van der Waals surface area contributed by atoms with Crippen molar-refractivity contribution in [2.45, 2.75) is 64.7 Å². The van der Waals surface area contributed by atoms with Crippen LogP contribution >= 0.6 is 0 Å². The van der Waals surface area contributed by atoms with E-state index in [1.54, 1.807) is 28.4 Å². The Hall–Kier alpha value is 0.154. The molecule has 152 valence electrons. The summed E-state index contributed by atoms with van der Waals surface area (Å²) in [5, 5.41) is 6.81. The van der Waals surface area contributed by atoms with E-state index in [2.05, 4.69) is 38.3 Å². The molecule has 7 nitrogen and oxygen atoms in total. The maximum Gasteiger partial charge on any atom is 0.493 e. The number of rotatable bonds is 16. The van der Waals surface area contributed by atoms with Crippen LogP contribution in [0.4, 0.5) is 0 Å². The lowest BCUT2D eigenvalue weighted by Crippen LogP contribution is -2.57. The van der Waals surface area contributed by atoms with E-state index in [0.717, 1.165) is 38.0 Å². The third kappa shape index (κ3) is 10.2. The van der Waals surface area contributed by atoms with Gasteiger partial charge in [0.15, 0.2) is 0 Å². The highest BCUT2D eigenvalue weighted by atomic mass is 28.5. The second-order valence-electron chi connectivity index (χ2n) is 6.71. The zero-order valence-corrected chi connectivity index (χ0v) is 19.4. The lowest BCUT2D eigenvalue weighted by molar-refractivity contribution is 0.0858. The fourth-order valence-electron chi connectivity index (χ4n) is 2.47. The molecule has 9 heteroatoms. The SMILES string of the molecule is CO[Si](CCCNC(C)C)(OC)O[Si](CCCNC(C)C)(OC)OC. The van der Waals surface area contributed by atoms with E-state index >= 15 is 0 Å². The molecule has 0 aromatic carbocycles. The molecule has 0 spiro atoms. The predicted octanol–water partition coefficient (Wildman–Crippen LogP) is 2.24. The number of nitrogens with one attached hydrogen (secondary N) is 2. The minimum Gasteiger partial charge on any atom is -0.377 e. The molecule has 0 atom stereocenters. The summed E-state index contributed by atoms with van der Waals surface area (Å²) < 4.78 is 29.3. The van der Waals surface area contributed by atoms with Crippen molar-refractivity contribution in [3.63, 3.8) is 0 Å². The zero-order valence-electron chi connectivity index (χ0n) is 17.4. The van der Waals surface area contributed by atoms with Gasteiger partial charge >= 0.3 is 17.6 Å². The molecule has 0 aliphatic carbocycles. The molecule has 2 N–H and O–H groups in total. The molecule has 25 heavy (non-hydrogen) atoms. The van der Waals surface area contributed by atoms with E-state index in [1.165, 1.54) is 0 Å². The Bertz CT molecular complexity index is 298. The van der Waals surface area contributed by atoms with Crippen LogP contribution in [0.3, 0.4) is 0 Å². The second-order valence-corrected chi connectivity index (χ2v) is 12.9. The highest BCUT2D eigenvalue weighted by molar-refractivity contribution is 6.74.